The number of methoxy groups -OCH3 is 1. The molecule has 0 saturated heterocycles. The molecule has 0 aliphatic heterocycles. The lowest BCUT2D eigenvalue weighted by Gasteiger charge is -2.27. The minimum atomic E-state index is 0.743. The van der Waals surface area contributed by atoms with Gasteiger partial charge in [0.05, 0.1) is 6.61 Å². The average Bonchev–Trinajstić information content (AvgIpc) is 2.41. The molecule has 0 amide bonds. The van der Waals surface area contributed by atoms with Crippen LogP contribution >= 0.6 is 15.9 Å². The Labute approximate surface area is 118 Å². The lowest BCUT2D eigenvalue weighted by atomic mass is 9.78. The highest BCUT2D eigenvalue weighted by molar-refractivity contribution is 9.10. The van der Waals surface area contributed by atoms with E-state index in [1.807, 2.05) is 0 Å². The maximum absolute atomic E-state index is 5.04. The molecule has 0 heterocycles. The molecular formula is C16H21BrO. The fourth-order valence-corrected chi connectivity index (χ4v) is 2.99. The number of rotatable bonds is 4. The van der Waals surface area contributed by atoms with Crippen LogP contribution in [0.4, 0.5) is 0 Å². The van der Waals surface area contributed by atoms with Gasteiger partial charge in [0.15, 0.2) is 0 Å². The molecule has 1 aromatic carbocycles. The Bertz CT molecular complexity index is 375. The summed E-state index contributed by atoms with van der Waals surface area (Å²) in [5.74, 6) is 1.51. The number of allylic oxidation sites excluding steroid dienone is 1. The number of hydrogen-bond acceptors (Lipinski definition) is 1. The third-order valence-electron chi connectivity index (χ3n) is 3.78. The lowest BCUT2D eigenvalue weighted by Crippen LogP contribution is -2.11. The van der Waals surface area contributed by atoms with Crippen LogP contribution in [0.5, 0.6) is 0 Å². The van der Waals surface area contributed by atoms with Crippen LogP contribution in [0.2, 0.25) is 0 Å². The quantitative estimate of drug-likeness (QED) is 0.717. The number of ether oxygens (including phenoxy) is 1. The summed E-state index contributed by atoms with van der Waals surface area (Å²) < 4.78 is 6.21. The van der Waals surface area contributed by atoms with Crippen molar-refractivity contribution in [1.29, 1.82) is 0 Å². The zero-order valence-electron chi connectivity index (χ0n) is 10.9. The summed E-state index contributed by atoms with van der Waals surface area (Å²) in [5, 5.41) is 0. The van der Waals surface area contributed by atoms with Crippen molar-refractivity contribution in [1.82, 2.24) is 0 Å². The van der Waals surface area contributed by atoms with E-state index in [0.29, 0.717) is 0 Å². The summed E-state index contributed by atoms with van der Waals surface area (Å²) in [5.41, 5.74) is 1.50. The Balaban J connectivity index is 1.84. The molecule has 1 aromatic rings. The van der Waals surface area contributed by atoms with Crippen LogP contribution < -0.4 is 0 Å². The highest BCUT2D eigenvalue weighted by atomic mass is 79.9. The first kappa shape index (κ1) is 13.8. The fraction of sp³-hybridized carbons (Fsp3) is 0.500. The fourth-order valence-electron chi connectivity index (χ4n) is 2.72. The molecule has 2 heteroatoms. The Morgan fingerprint density at radius 2 is 1.83 bits per heavy atom. The van der Waals surface area contributed by atoms with Crippen molar-refractivity contribution in [3.8, 4) is 0 Å². The summed E-state index contributed by atoms with van der Waals surface area (Å²) in [7, 11) is 1.74. The maximum atomic E-state index is 5.04. The zero-order chi connectivity index (χ0) is 12.8. The standard InChI is InChI=1S/C16H21BrO/c1-18-12-2-3-13-4-6-14(7-5-13)15-8-10-16(17)11-9-15/h2-3,8-11,13-14H,4-7,12H2,1H3. The summed E-state index contributed by atoms with van der Waals surface area (Å²) in [6, 6.07) is 8.82. The van der Waals surface area contributed by atoms with Gasteiger partial charge in [-0.3, -0.25) is 0 Å². The largest absolute Gasteiger partial charge is 0.381 e. The van der Waals surface area contributed by atoms with Gasteiger partial charge in [0.2, 0.25) is 0 Å². The van der Waals surface area contributed by atoms with Gasteiger partial charge in [-0.25, -0.2) is 0 Å². The molecule has 1 aliphatic rings. The monoisotopic (exact) mass is 308 g/mol. The van der Waals surface area contributed by atoms with Crippen LogP contribution in [0.15, 0.2) is 40.9 Å². The number of benzene rings is 1. The van der Waals surface area contributed by atoms with E-state index in [9.17, 15) is 0 Å². The van der Waals surface area contributed by atoms with E-state index in [2.05, 4.69) is 52.3 Å². The molecular weight excluding hydrogens is 288 g/mol. The van der Waals surface area contributed by atoms with E-state index in [0.717, 1.165) is 18.4 Å². The Morgan fingerprint density at radius 1 is 1.17 bits per heavy atom. The van der Waals surface area contributed by atoms with Gasteiger partial charge in [0.25, 0.3) is 0 Å². The van der Waals surface area contributed by atoms with E-state index in [4.69, 9.17) is 4.74 Å². The van der Waals surface area contributed by atoms with Crippen LogP contribution in [0.25, 0.3) is 0 Å². The van der Waals surface area contributed by atoms with Gasteiger partial charge in [0, 0.05) is 11.6 Å². The van der Waals surface area contributed by atoms with Gasteiger partial charge >= 0.3 is 0 Å². The van der Waals surface area contributed by atoms with Gasteiger partial charge in [-0.05, 0) is 55.2 Å². The first-order valence-electron chi connectivity index (χ1n) is 6.70. The van der Waals surface area contributed by atoms with Gasteiger partial charge in [-0.1, -0.05) is 40.2 Å². The molecule has 0 bridgehead atoms. The molecule has 2 rings (SSSR count). The minimum absolute atomic E-state index is 0.743. The average molecular weight is 309 g/mol. The van der Waals surface area contributed by atoms with Crippen molar-refractivity contribution < 1.29 is 4.74 Å². The lowest BCUT2D eigenvalue weighted by molar-refractivity contribution is 0.233. The summed E-state index contributed by atoms with van der Waals surface area (Å²) in [4.78, 5) is 0. The smallest absolute Gasteiger partial charge is 0.0643 e. The van der Waals surface area contributed by atoms with Crippen LogP contribution in [0.3, 0.4) is 0 Å². The van der Waals surface area contributed by atoms with Crippen molar-refractivity contribution in [3.63, 3.8) is 0 Å². The molecule has 0 atom stereocenters. The Hall–Kier alpha value is -0.600. The normalized spacial score (nSPS) is 24.6. The third kappa shape index (κ3) is 3.96. The molecule has 1 aliphatic carbocycles. The third-order valence-corrected chi connectivity index (χ3v) is 4.31. The van der Waals surface area contributed by atoms with Crippen LogP contribution in [-0.4, -0.2) is 13.7 Å². The van der Waals surface area contributed by atoms with Gasteiger partial charge < -0.3 is 4.74 Å². The van der Waals surface area contributed by atoms with E-state index >= 15 is 0 Å². The first-order chi connectivity index (χ1) is 8.79. The maximum Gasteiger partial charge on any atom is 0.0643 e. The number of hydrogen-bond donors (Lipinski definition) is 0. The van der Waals surface area contributed by atoms with E-state index < -0.39 is 0 Å². The summed E-state index contributed by atoms with van der Waals surface area (Å²) in [6.45, 7) is 0.743. The van der Waals surface area contributed by atoms with E-state index in [-0.39, 0.29) is 0 Å². The summed E-state index contributed by atoms with van der Waals surface area (Å²) >= 11 is 3.49. The highest BCUT2D eigenvalue weighted by Crippen LogP contribution is 2.36. The van der Waals surface area contributed by atoms with Gasteiger partial charge in [0.1, 0.15) is 0 Å². The second-order valence-corrected chi connectivity index (χ2v) is 5.96. The highest BCUT2D eigenvalue weighted by Gasteiger charge is 2.20. The molecule has 0 N–H and O–H groups in total. The van der Waals surface area contributed by atoms with Crippen molar-refractivity contribution in [3.05, 3.63) is 46.5 Å². The van der Waals surface area contributed by atoms with Crippen LogP contribution in [-0.2, 0) is 4.74 Å². The molecule has 0 aromatic heterocycles. The first-order valence-corrected chi connectivity index (χ1v) is 7.50. The Kier molecular flexibility index (Phi) is 5.45. The predicted molar refractivity (Wildman–Crippen MR) is 79.9 cm³/mol. The van der Waals surface area contributed by atoms with Gasteiger partial charge in [-0.2, -0.15) is 0 Å². The van der Waals surface area contributed by atoms with Gasteiger partial charge in [-0.15, -0.1) is 0 Å². The SMILES string of the molecule is COCC=CC1CCC(c2ccc(Br)cc2)CC1. The molecule has 98 valence electrons. The molecule has 0 unspecified atom stereocenters. The molecule has 0 radical (unpaired) electrons. The molecule has 1 nitrogen and oxygen atoms in total. The molecule has 1 fully saturated rings. The second kappa shape index (κ2) is 7.10. The predicted octanol–water partition coefficient (Wildman–Crippen LogP) is 4.93. The molecule has 0 spiro atoms. The van der Waals surface area contributed by atoms with Crippen LogP contribution in [0, 0.1) is 5.92 Å². The van der Waals surface area contributed by atoms with Crippen molar-refractivity contribution in [2.45, 2.75) is 31.6 Å². The second-order valence-electron chi connectivity index (χ2n) is 5.05. The molecule has 18 heavy (non-hydrogen) atoms. The van der Waals surface area contributed by atoms with E-state index in [1.54, 1.807) is 7.11 Å². The van der Waals surface area contributed by atoms with E-state index in [1.165, 1.54) is 35.7 Å². The zero-order valence-corrected chi connectivity index (χ0v) is 12.5. The minimum Gasteiger partial charge on any atom is -0.381 e. The summed E-state index contributed by atoms with van der Waals surface area (Å²) in [6.07, 6.45) is 9.72. The van der Waals surface area contributed by atoms with Crippen LogP contribution in [0.1, 0.15) is 37.2 Å². The number of halogens is 1. The van der Waals surface area contributed by atoms with Crippen molar-refractivity contribution in [2.24, 2.45) is 5.92 Å². The van der Waals surface area contributed by atoms with Crippen molar-refractivity contribution >= 4 is 15.9 Å². The van der Waals surface area contributed by atoms with Crippen molar-refractivity contribution in [2.75, 3.05) is 13.7 Å². The topological polar surface area (TPSA) is 9.23 Å². The molecule has 1 saturated carbocycles. The Morgan fingerprint density at radius 3 is 2.44 bits per heavy atom.